The number of carboxylic acids is 1. The molecule has 0 aliphatic rings. The fourth-order valence-corrected chi connectivity index (χ4v) is 0.276. The molecule has 5 nitrogen and oxygen atoms in total. The van der Waals surface area contributed by atoms with Gasteiger partial charge in [0.15, 0.2) is 17.4 Å². The molecular weight excluding hydrogens is 146 g/mol. The van der Waals surface area contributed by atoms with Crippen LogP contribution in [-0.4, -0.2) is 17.0 Å². The Morgan fingerprint density at radius 2 is 2.22 bits per heavy atom. The van der Waals surface area contributed by atoms with Crippen LogP contribution in [0.5, 0.6) is 0 Å². The van der Waals surface area contributed by atoms with Crippen molar-refractivity contribution in [3.05, 3.63) is 0 Å². The zero-order chi connectivity index (χ0) is 7.28. The maximum absolute atomic E-state index is 9.91. The van der Waals surface area contributed by atoms with Gasteiger partial charge in [0.2, 0.25) is 0 Å². The van der Waals surface area contributed by atoms with Crippen LogP contribution < -0.4 is 0 Å². The van der Waals surface area contributed by atoms with Crippen molar-refractivity contribution in [1.82, 2.24) is 0 Å². The molecule has 0 amide bonds. The molecule has 0 aliphatic carbocycles. The third kappa shape index (κ3) is 3.37. The molecule has 0 aliphatic heterocycles. The van der Waals surface area contributed by atoms with Crippen molar-refractivity contribution in [1.29, 1.82) is 5.26 Å². The molecule has 6 heteroatoms. The number of aliphatic carboxylic acids is 1. The van der Waals surface area contributed by atoms with E-state index in [9.17, 15) is 9.59 Å². The van der Waals surface area contributed by atoms with Crippen LogP contribution in [0.25, 0.3) is 0 Å². The Morgan fingerprint density at radius 3 is 2.56 bits per heavy atom. The minimum atomic E-state index is -1.71. The Hall–Kier alpha value is -1.22. The second-order valence-corrected chi connectivity index (χ2v) is 1.37. The predicted octanol–water partition coefficient (Wildman–Crippen LogP) is -0.257. The van der Waals surface area contributed by atoms with E-state index in [4.69, 9.17) is 10.4 Å². The molecule has 0 unspecified atom stereocenters. The minimum Gasteiger partial charge on any atom is -0.473 e. The molecule has 1 N–H and O–H groups in total. The standard InChI is InChI=1S/C3HNO4S/c4-1-9-8-3(7)2(5)6/h(H,5,6). The highest BCUT2D eigenvalue weighted by atomic mass is 32.2. The van der Waals surface area contributed by atoms with Crippen molar-refractivity contribution in [2.24, 2.45) is 0 Å². The van der Waals surface area contributed by atoms with Crippen LogP contribution in [-0.2, 0) is 13.8 Å². The Bertz CT molecular complexity index is 171. The number of thiocyanates is 1. The summed E-state index contributed by atoms with van der Waals surface area (Å²) in [5.74, 6) is -3.15. The molecule has 0 atom stereocenters. The summed E-state index contributed by atoms with van der Waals surface area (Å²) in [6, 6.07) is 0. The zero-order valence-electron chi connectivity index (χ0n) is 4.03. The first kappa shape index (κ1) is 7.78. The second-order valence-electron chi connectivity index (χ2n) is 0.851. The Morgan fingerprint density at radius 1 is 1.67 bits per heavy atom. The molecule has 48 valence electrons. The molecule has 0 radical (unpaired) electrons. The van der Waals surface area contributed by atoms with Gasteiger partial charge in [0.25, 0.3) is 0 Å². The maximum atomic E-state index is 9.91. The van der Waals surface area contributed by atoms with Gasteiger partial charge in [-0.2, -0.15) is 5.26 Å². The van der Waals surface area contributed by atoms with Crippen molar-refractivity contribution in [3.8, 4) is 5.40 Å². The van der Waals surface area contributed by atoms with Crippen molar-refractivity contribution < 1.29 is 18.9 Å². The molecular formula is C3HNO4S. The summed E-state index contributed by atoms with van der Waals surface area (Å²) in [7, 11) is 0. The van der Waals surface area contributed by atoms with Crippen LogP contribution in [0.3, 0.4) is 0 Å². The topological polar surface area (TPSA) is 87.4 Å². The lowest BCUT2D eigenvalue weighted by molar-refractivity contribution is -0.157. The highest BCUT2D eigenvalue weighted by Crippen LogP contribution is 1.97. The smallest absolute Gasteiger partial charge is 0.430 e. The Balaban J connectivity index is 3.55. The van der Waals surface area contributed by atoms with Crippen LogP contribution in [0.15, 0.2) is 0 Å². The molecule has 0 spiro atoms. The zero-order valence-corrected chi connectivity index (χ0v) is 4.84. The van der Waals surface area contributed by atoms with E-state index in [1.165, 1.54) is 5.40 Å². The van der Waals surface area contributed by atoms with Gasteiger partial charge in [0.05, 0.1) is 0 Å². The van der Waals surface area contributed by atoms with E-state index >= 15 is 0 Å². The number of rotatable bonds is 1. The lowest BCUT2D eigenvalue weighted by Crippen LogP contribution is -2.12. The average Bonchev–Trinajstić information content (AvgIpc) is 1.82. The molecule has 0 rings (SSSR count). The largest absolute Gasteiger partial charge is 0.473 e. The monoisotopic (exact) mass is 147 g/mol. The SMILES string of the molecule is N#CSOC(=O)C(=O)O. The van der Waals surface area contributed by atoms with Crippen molar-refractivity contribution >= 4 is 24.0 Å². The molecule has 0 heterocycles. The lowest BCUT2D eigenvalue weighted by atomic mass is 10.7. The first-order valence-electron chi connectivity index (χ1n) is 1.68. The van der Waals surface area contributed by atoms with E-state index in [0.717, 1.165) is 0 Å². The van der Waals surface area contributed by atoms with E-state index in [2.05, 4.69) is 4.18 Å². The maximum Gasteiger partial charge on any atom is 0.430 e. The van der Waals surface area contributed by atoms with Gasteiger partial charge < -0.3 is 9.29 Å². The third-order valence-corrected chi connectivity index (χ3v) is 0.638. The average molecular weight is 147 g/mol. The second kappa shape index (κ2) is 3.74. The summed E-state index contributed by atoms with van der Waals surface area (Å²) in [5.41, 5.74) is 0. The van der Waals surface area contributed by atoms with Crippen LogP contribution in [0, 0.1) is 10.7 Å². The van der Waals surface area contributed by atoms with Gasteiger partial charge in [-0.15, -0.1) is 0 Å². The fourth-order valence-electron chi connectivity index (χ4n) is 0.0921. The molecule has 0 bridgehead atoms. The number of hydrogen-bond donors (Lipinski definition) is 1. The van der Waals surface area contributed by atoms with E-state index in [0.29, 0.717) is 0 Å². The van der Waals surface area contributed by atoms with Gasteiger partial charge in [-0.25, -0.2) is 9.59 Å². The number of carbonyl (C=O) groups is 2. The number of carboxylic acid groups (broad SMARTS) is 1. The van der Waals surface area contributed by atoms with Gasteiger partial charge >= 0.3 is 11.9 Å². The molecule has 0 saturated heterocycles. The molecule has 9 heavy (non-hydrogen) atoms. The Labute approximate surface area is 54.4 Å². The first-order chi connectivity index (χ1) is 4.18. The third-order valence-electron chi connectivity index (χ3n) is 0.329. The molecule has 0 saturated carbocycles. The van der Waals surface area contributed by atoms with Gasteiger partial charge in [0, 0.05) is 0 Å². The van der Waals surface area contributed by atoms with Crippen molar-refractivity contribution in [2.45, 2.75) is 0 Å². The highest BCUT2D eigenvalue weighted by molar-refractivity contribution is 7.99. The van der Waals surface area contributed by atoms with E-state index in [1.807, 2.05) is 0 Å². The molecule has 0 aromatic heterocycles. The minimum absolute atomic E-state index is 0.120. The summed E-state index contributed by atoms with van der Waals surface area (Å²) in [6.45, 7) is 0. The van der Waals surface area contributed by atoms with Crippen LogP contribution in [0.2, 0.25) is 0 Å². The number of carbonyl (C=O) groups excluding carboxylic acids is 1. The van der Waals surface area contributed by atoms with E-state index in [-0.39, 0.29) is 12.0 Å². The van der Waals surface area contributed by atoms with Crippen molar-refractivity contribution in [2.75, 3.05) is 0 Å². The summed E-state index contributed by atoms with van der Waals surface area (Å²) in [6.07, 6.45) is 0. The molecule has 0 fully saturated rings. The molecule has 0 aromatic carbocycles. The van der Waals surface area contributed by atoms with Gasteiger partial charge in [0.1, 0.15) is 0 Å². The van der Waals surface area contributed by atoms with Crippen LogP contribution in [0.1, 0.15) is 0 Å². The summed E-state index contributed by atoms with van der Waals surface area (Å²) in [5, 5.41) is 16.9. The normalized spacial score (nSPS) is 7.44. The van der Waals surface area contributed by atoms with Crippen LogP contribution in [0.4, 0.5) is 0 Å². The van der Waals surface area contributed by atoms with Gasteiger partial charge in [-0.05, 0) is 0 Å². The van der Waals surface area contributed by atoms with E-state index < -0.39 is 11.9 Å². The summed E-state index contributed by atoms with van der Waals surface area (Å²) in [4.78, 5) is 19.5. The summed E-state index contributed by atoms with van der Waals surface area (Å²) >= 11 is 0.120. The predicted molar refractivity (Wildman–Crippen MR) is 26.9 cm³/mol. The number of nitrogens with zero attached hydrogens (tertiary/aromatic N) is 1. The van der Waals surface area contributed by atoms with Gasteiger partial charge in [-0.3, -0.25) is 0 Å². The van der Waals surface area contributed by atoms with Gasteiger partial charge in [-0.1, -0.05) is 0 Å². The number of hydrogen-bond acceptors (Lipinski definition) is 5. The summed E-state index contributed by atoms with van der Waals surface area (Å²) < 4.78 is 3.77. The lowest BCUT2D eigenvalue weighted by Gasteiger charge is -1.87. The highest BCUT2D eigenvalue weighted by Gasteiger charge is 2.12. The fraction of sp³-hybridized carbons (Fsp3) is 0. The van der Waals surface area contributed by atoms with E-state index in [1.54, 1.807) is 0 Å². The number of nitriles is 1. The first-order valence-corrected chi connectivity index (χ1v) is 2.42. The quantitative estimate of drug-likeness (QED) is 0.312. The Kier molecular flexibility index (Phi) is 3.23. The van der Waals surface area contributed by atoms with Crippen molar-refractivity contribution in [3.63, 3.8) is 0 Å². The van der Waals surface area contributed by atoms with Crippen LogP contribution >= 0.6 is 12.0 Å². The molecule has 0 aromatic rings.